The SMILES string of the molecule is COC(=O)c1csc(C(O)C(C)C)n1. The van der Waals surface area contributed by atoms with E-state index < -0.39 is 12.1 Å². The first-order chi connectivity index (χ1) is 6.56. The van der Waals surface area contributed by atoms with Crippen molar-refractivity contribution in [2.24, 2.45) is 5.92 Å². The van der Waals surface area contributed by atoms with Crippen LogP contribution in [0.5, 0.6) is 0 Å². The zero-order chi connectivity index (χ0) is 10.7. The van der Waals surface area contributed by atoms with Crippen molar-refractivity contribution in [3.63, 3.8) is 0 Å². The summed E-state index contributed by atoms with van der Waals surface area (Å²) < 4.78 is 4.51. The molecule has 14 heavy (non-hydrogen) atoms. The maximum atomic E-state index is 11.1. The number of rotatable bonds is 3. The molecule has 0 aliphatic carbocycles. The summed E-state index contributed by atoms with van der Waals surface area (Å²) >= 11 is 1.27. The molecule has 0 saturated heterocycles. The number of aromatic nitrogens is 1. The standard InChI is InChI=1S/C9H13NO3S/c1-5(2)7(11)8-10-6(4-14-8)9(12)13-3/h4-5,7,11H,1-3H3. The molecule has 0 aromatic carbocycles. The number of hydrogen-bond acceptors (Lipinski definition) is 5. The van der Waals surface area contributed by atoms with E-state index in [2.05, 4.69) is 9.72 Å². The summed E-state index contributed by atoms with van der Waals surface area (Å²) in [7, 11) is 1.31. The van der Waals surface area contributed by atoms with Gasteiger partial charge in [0.1, 0.15) is 11.1 Å². The van der Waals surface area contributed by atoms with Crippen LogP contribution in [0, 0.1) is 5.92 Å². The van der Waals surface area contributed by atoms with Gasteiger partial charge in [0.15, 0.2) is 5.69 Å². The molecule has 4 nitrogen and oxygen atoms in total. The molecule has 5 heteroatoms. The van der Waals surface area contributed by atoms with Gasteiger partial charge in [-0.2, -0.15) is 0 Å². The second kappa shape index (κ2) is 4.52. The van der Waals surface area contributed by atoms with Crippen molar-refractivity contribution < 1.29 is 14.6 Å². The fourth-order valence-electron chi connectivity index (χ4n) is 0.907. The zero-order valence-corrected chi connectivity index (χ0v) is 9.17. The fraction of sp³-hybridized carbons (Fsp3) is 0.556. The molecular weight excluding hydrogens is 202 g/mol. The molecule has 1 atom stereocenters. The van der Waals surface area contributed by atoms with Crippen LogP contribution >= 0.6 is 11.3 Å². The number of carbonyl (C=O) groups is 1. The Kier molecular flexibility index (Phi) is 3.60. The average molecular weight is 215 g/mol. The lowest BCUT2D eigenvalue weighted by Gasteiger charge is -2.10. The van der Waals surface area contributed by atoms with Crippen LogP contribution in [0.1, 0.15) is 35.4 Å². The molecule has 1 aromatic heterocycles. The molecule has 0 fully saturated rings. The first kappa shape index (κ1) is 11.1. The molecule has 0 radical (unpaired) electrons. The van der Waals surface area contributed by atoms with E-state index in [4.69, 9.17) is 0 Å². The van der Waals surface area contributed by atoms with Crippen LogP contribution < -0.4 is 0 Å². The lowest BCUT2D eigenvalue weighted by molar-refractivity contribution is 0.0593. The van der Waals surface area contributed by atoms with Gasteiger partial charge in [0.05, 0.1) is 7.11 Å². The monoisotopic (exact) mass is 215 g/mol. The van der Waals surface area contributed by atoms with Crippen LogP contribution in [-0.4, -0.2) is 23.2 Å². The summed E-state index contributed by atoms with van der Waals surface area (Å²) in [5.41, 5.74) is 0.257. The minimum atomic E-state index is -0.613. The second-order valence-electron chi connectivity index (χ2n) is 3.25. The number of aliphatic hydroxyl groups is 1. The molecule has 0 aliphatic heterocycles. The Morgan fingerprint density at radius 3 is 2.79 bits per heavy atom. The van der Waals surface area contributed by atoms with Gasteiger partial charge in [-0.25, -0.2) is 9.78 Å². The number of aliphatic hydroxyl groups excluding tert-OH is 1. The van der Waals surface area contributed by atoms with Crippen molar-refractivity contribution in [1.29, 1.82) is 0 Å². The Bertz CT molecular complexity index is 322. The molecule has 0 saturated carbocycles. The van der Waals surface area contributed by atoms with E-state index in [0.717, 1.165) is 0 Å². The maximum absolute atomic E-state index is 11.1. The second-order valence-corrected chi connectivity index (χ2v) is 4.14. The number of hydrogen-bond donors (Lipinski definition) is 1. The van der Waals surface area contributed by atoms with E-state index in [1.54, 1.807) is 5.38 Å². The Morgan fingerprint density at radius 2 is 2.29 bits per heavy atom. The highest BCUT2D eigenvalue weighted by molar-refractivity contribution is 7.09. The predicted molar refractivity (Wildman–Crippen MR) is 53.3 cm³/mol. The minimum Gasteiger partial charge on any atom is -0.464 e. The largest absolute Gasteiger partial charge is 0.464 e. The van der Waals surface area contributed by atoms with Gasteiger partial charge in [0.25, 0.3) is 0 Å². The molecule has 1 unspecified atom stereocenters. The highest BCUT2D eigenvalue weighted by Gasteiger charge is 2.18. The van der Waals surface area contributed by atoms with E-state index in [1.807, 2.05) is 13.8 Å². The van der Waals surface area contributed by atoms with Crippen LogP contribution in [0.15, 0.2) is 5.38 Å². The van der Waals surface area contributed by atoms with Crippen LogP contribution in [-0.2, 0) is 4.74 Å². The lowest BCUT2D eigenvalue weighted by Crippen LogP contribution is -2.07. The lowest BCUT2D eigenvalue weighted by atomic mass is 10.1. The van der Waals surface area contributed by atoms with Crippen molar-refractivity contribution >= 4 is 17.3 Å². The van der Waals surface area contributed by atoms with E-state index in [9.17, 15) is 9.90 Å². The third-order valence-corrected chi connectivity index (χ3v) is 2.72. The average Bonchev–Trinajstić information content (AvgIpc) is 2.64. The van der Waals surface area contributed by atoms with E-state index in [0.29, 0.717) is 5.01 Å². The van der Waals surface area contributed by atoms with Gasteiger partial charge in [-0.15, -0.1) is 11.3 Å². The highest BCUT2D eigenvalue weighted by atomic mass is 32.1. The summed E-state index contributed by atoms with van der Waals surface area (Å²) in [4.78, 5) is 15.1. The summed E-state index contributed by atoms with van der Waals surface area (Å²) in [5, 5.41) is 11.8. The maximum Gasteiger partial charge on any atom is 0.357 e. The molecule has 1 rings (SSSR count). The number of ether oxygens (including phenoxy) is 1. The third kappa shape index (κ3) is 2.30. The molecule has 0 aliphatic rings. The molecule has 78 valence electrons. The third-order valence-electron chi connectivity index (χ3n) is 1.80. The zero-order valence-electron chi connectivity index (χ0n) is 8.35. The van der Waals surface area contributed by atoms with Crippen LogP contribution in [0.3, 0.4) is 0 Å². The topological polar surface area (TPSA) is 59.4 Å². The Balaban J connectivity index is 2.82. The fourth-order valence-corrected chi connectivity index (χ4v) is 1.85. The number of methoxy groups -OCH3 is 1. The summed E-state index contributed by atoms with van der Waals surface area (Å²) in [6, 6.07) is 0. The Labute approximate surface area is 86.6 Å². The smallest absolute Gasteiger partial charge is 0.357 e. The Hall–Kier alpha value is -0.940. The molecule has 1 N–H and O–H groups in total. The molecule has 0 spiro atoms. The van der Waals surface area contributed by atoms with Crippen molar-refractivity contribution in [1.82, 2.24) is 4.98 Å². The first-order valence-corrected chi connectivity index (χ1v) is 5.16. The first-order valence-electron chi connectivity index (χ1n) is 4.28. The molecule has 0 bridgehead atoms. The van der Waals surface area contributed by atoms with Crippen molar-refractivity contribution in [2.45, 2.75) is 20.0 Å². The van der Waals surface area contributed by atoms with Gasteiger partial charge >= 0.3 is 5.97 Å². The molecule has 1 aromatic rings. The van der Waals surface area contributed by atoms with Crippen LogP contribution in [0.4, 0.5) is 0 Å². The summed E-state index contributed by atoms with van der Waals surface area (Å²) in [6.45, 7) is 3.79. The number of carbonyl (C=O) groups excluding carboxylic acids is 1. The van der Waals surface area contributed by atoms with Gasteiger partial charge < -0.3 is 9.84 Å². The minimum absolute atomic E-state index is 0.0895. The van der Waals surface area contributed by atoms with Gasteiger partial charge in [0, 0.05) is 5.38 Å². The number of thiazole rings is 1. The molecule has 0 amide bonds. The van der Waals surface area contributed by atoms with Crippen molar-refractivity contribution in [3.8, 4) is 0 Å². The van der Waals surface area contributed by atoms with Gasteiger partial charge in [0.2, 0.25) is 0 Å². The van der Waals surface area contributed by atoms with E-state index in [1.165, 1.54) is 18.4 Å². The highest BCUT2D eigenvalue weighted by Crippen LogP contribution is 2.24. The van der Waals surface area contributed by atoms with E-state index in [-0.39, 0.29) is 11.6 Å². The molecular formula is C9H13NO3S. The van der Waals surface area contributed by atoms with Crippen molar-refractivity contribution in [3.05, 3.63) is 16.1 Å². The quantitative estimate of drug-likeness (QED) is 0.778. The van der Waals surface area contributed by atoms with Crippen molar-refractivity contribution in [2.75, 3.05) is 7.11 Å². The van der Waals surface area contributed by atoms with Crippen LogP contribution in [0.2, 0.25) is 0 Å². The normalized spacial score (nSPS) is 12.9. The van der Waals surface area contributed by atoms with Gasteiger partial charge in [-0.05, 0) is 5.92 Å². The van der Waals surface area contributed by atoms with Gasteiger partial charge in [-0.1, -0.05) is 13.8 Å². The van der Waals surface area contributed by atoms with E-state index >= 15 is 0 Å². The summed E-state index contributed by atoms with van der Waals surface area (Å²) in [5.74, 6) is -0.380. The number of esters is 1. The summed E-state index contributed by atoms with van der Waals surface area (Å²) in [6.07, 6.45) is -0.613. The van der Waals surface area contributed by atoms with Crippen LogP contribution in [0.25, 0.3) is 0 Å². The number of nitrogens with zero attached hydrogens (tertiary/aromatic N) is 1. The molecule has 1 heterocycles. The predicted octanol–water partition coefficient (Wildman–Crippen LogP) is 1.62. The Morgan fingerprint density at radius 1 is 1.64 bits per heavy atom. The van der Waals surface area contributed by atoms with Gasteiger partial charge in [-0.3, -0.25) is 0 Å².